The first-order chi connectivity index (χ1) is 5.63. The van der Waals surface area contributed by atoms with Gasteiger partial charge in [0.1, 0.15) is 0 Å². The number of aliphatic hydroxyl groups is 1. The second-order valence-electron chi connectivity index (χ2n) is 2.77. The molecule has 4 heteroatoms. The number of unbranched alkanes of at least 4 members (excludes halogenated alkanes) is 1. The van der Waals surface area contributed by atoms with Crippen LogP contribution >= 0.6 is 0 Å². The molecule has 0 aliphatic heterocycles. The predicted molar refractivity (Wildman–Crippen MR) is 45.5 cm³/mol. The Morgan fingerprint density at radius 3 is 2.67 bits per heavy atom. The minimum Gasteiger partial charge on any atom is -0.467 e. The molecular weight excluding hydrogens is 158 g/mol. The van der Waals surface area contributed by atoms with Crippen molar-refractivity contribution >= 4 is 5.97 Å². The molecule has 0 saturated heterocycles. The highest BCUT2D eigenvalue weighted by Crippen LogP contribution is 2.03. The Kier molecular flexibility index (Phi) is 5.66. The van der Waals surface area contributed by atoms with E-state index in [0.29, 0.717) is 6.42 Å². The average molecular weight is 175 g/mol. The molecule has 3 N–H and O–H groups in total. The summed E-state index contributed by atoms with van der Waals surface area (Å²) in [5, 5.41) is 9.21. The van der Waals surface area contributed by atoms with Crippen LogP contribution in [0, 0.1) is 0 Å². The minimum atomic E-state index is -1.18. The van der Waals surface area contributed by atoms with E-state index in [1.807, 2.05) is 6.92 Å². The third-order valence-electron chi connectivity index (χ3n) is 1.74. The lowest BCUT2D eigenvalue weighted by molar-refractivity contribution is -0.151. The molecule has 0 aliphatic carbocycles. The number of rotatable bonds is 5. The highest BCUT2D eigenvalue weighted by molar-refractivity contribution is 5.75. The summed E-state index contributed by atoms with van der Waals surface area (Å²) in [7, 11) is 1.23. The fourth-order valence-corrected chi connectivity index (χ4v) is 0.893. The molecule has 0 saturated carbocycles. The van der Waals surface area contributed by atoms with Crippen LogP contribution in [-0.4, -0.2) is 30.3 Å². The first-order valence-corrected chi connectivity index (χ1v) is 4.15. The van der Waals surface area contributed by atoms with Gasteiger partial charge in [0, 0.05) is 6.04 Å². The lowest BCUT2D eigenvalue weighted by atomic mass is 10.1. The van der Waals surface area contributed by atoms with Crippen molar-refractivity contribution in [1.82, 2.24) is 0 Å². The van der Waals surface area contributed by atoms with Gasteiger partial charge < -0.3 is 15.6 Å². The zero-order valence-corrected chi connectivity index (χ0v) is 7.62. The van der Waals surface area contributed by atoms with Gasteiger partial charge in [0.15, 0.2) is 6.10 Å². The Hall–Kier alpha value is -0.610. The van der Waals surface area contributed by atoms with Crippen LogP contribution in [0.25, 0.3) is 0 Å². The molecule has 0 aromatic heterocycles. The summed E-state index contributed by atoms with van der Waals surface area (Å²) in [5.74, 6) is -0.654. The number of methoxy groups -OCH3 is 1. The van der Waals surface area contributed by atoms with Gasteiger partial charge in [-0.1, -0.05) is 19.8 Å². The fraction of sp³-hybridized carbons (Fsp3) is 0.875. The van der Waals surface area contributed by atoms with E-state index in [0.717, 1.165) is 12.8 Å². The summed E-state index contributed by atoms with van der Waals surface area (Å²) in [6.07, 6.45) is 1.38. The summed E-state index contributed by atoms with van der Waals surface area (Å²) in [6, 6.07) is -0.502. The van der Waals surface area contributed by atoms with E-state index in [9.17, 15) is 9.90 Å². The fourth-order valence-electron chi connectivity index (χ4n) is 0.893. The molecule has 0 aromatic rings. The van der Waals surface area contributed by atoms with E-state index < -0.39 is 18.1 Å². The third kappa shape index (κ3) is 3.69. The van der Waals surface area contributed by atoms with Crippen LogP contribution in [-0.2, 0) is 9.53 Å². The van der Waals surface area contributed by atoms with Crippen molar-refractivity contribution in [3.8, 4) is 0 Å². The minimum absolute atomic E-state index is 0.502. The summed E-state index contributed by atoms with van der Waals surface area (Å²) in [6.45, 7) is 2.03. The van der Waals surface area contributed by atoms with Crippen LogP contribution in [0.4, 0.5) is 0 Å². The molecular formula is C8H17NO3. The summed E-state index contributed by atoms with van der Waals surface area (Å²) in [4.78, 5) is 10.8. The zero-order valence-electron chi connectivity index (χ0n) is 7.62. The van der Waals surface area contributed by atoms with Crippen LogP contribution in [0.3, 0.4) is 0 Å². The largest absolute Gasteiger partial charge is 0.467 e. The van der Waals surface area contributed by atoms with Crippen LogP contribution in [0.2, 0.25) is 0 Å². The normalized spacial score (nSPS) is 15.3. The Morgan fingerprint density at radius 1 is 1.67 bits per heavy atom. The molecule has 0 heterocycles. The number of hydrogen-bond acceptors (Lipinski definition) is 4. The third-order valence-corrected chi connectivity index (χ3v) is 1.74. The first-order valence-electron chi connectivity index (χ1n) is 4.15. The standard InChI is InChI=1S/C8H17NO3/c1-3-4-5-6(9)7(10)8(11)12-2/h6-7,10H,3-5,9H2,1-2H3. The topological polar surface area (TPSA) is 72.5 Å². The SMILES string of the molecule is CCCCC(N)C(O)C(=O)OC. The Morgan fingerprint density at radius 2 is 2.25 bits per heavy atom. The Labute approximate surface area is 72.7 Å². The van der Waals surface area contributed by atoms with Gasteiger partial charge in [0.25, 0.3) is 0 Å². The van der Waals surface area contributed by atoms with Gasteiger partial charge in [-0.25, -0.2) is 4.79 Å². The van der Waals surface area contributed by atoms with Crippen LogP contribution < -0.4 is 5.73 Å². The quantitative estimate of drug-likeness (QED) is 0.578. The van der Waals surface area contributed by atoms with E-state index >= 15 is 0 Å². The van der Waals surface area contributed by atoms with Crippen molar-refractivity contribution in [2.45, 2.75) is 38.3 Å². The number of hydrogen-bond donors (Lipinski definition) is 2. The van der Waals surface area contributed by atoms with Gasteiger partial charge in [-0.15, -0.1) is 0 Å². The van der Waals surface area contributed by atoms with E-state index in [1.165, 1.54) is 7.11 Å². The average Bonchev–Trinajstić information content (AvgIpc) is 2.11. The number of ether oxygens (including phenoxy) is 1. The second-order valence-corrected chi connectivity index (χ2v) is 2.77. The van der Waals surface area contributed by atoms with Crippen LogP contribution in [0.5, 0.6) is 0 Å². The van der Waals surface area contributed by atoms with Gasteiger partial charge >= 0.3 is 5.97 Å². The molecule has 0 bridgehead atoms. The number of aliphatic hydroxyl groups excluding tert-OH is 1. The number of carbonyl (C=O) groups excluding carboxylic acids is 1. The van der Waals surface area contributed by atoms with Crippen molar-refractivity contribution < 1.29 is 14.6 Å². The summed E-state index contributed by atoms with van der Waals surface area (Å²) >= 11 is 0. The van der Waals surface area contributed by atoms with Crippen molar-refractivity contribution in [2.75, 3.05) is 7.11 Å². The Bertz CT molecular complexity index is 138. The monoisotopic (exact) mass is 175 g/mol. The second kappa shape index (κ2) is 5.97. The molecule has 2 unspecified atom stereocenters. The molecule has 0 aromatic carbocycles. The summed E-state index contributed by atoms with van der Waals surface area (Å²) in [5.41, 5.74) is 5.53. The van der Waals surface area contributed by atoms with Crippen LogP contribution in [0.15, 0.2) is 0 Å². The molecule has 0 radical (unpaired) electrons. The molecule has 0 spiro atoms. The molecule has 0 aliphatic rings. The maximum Gasteiger partial charge on any atom is 0.336 e. The van der Waals surface area contributed by atoms with Gasteiger partial charge in [-0.05, 0) is 6.42 Å². The zero-order chi connectivity index (χ0) is 9.56. The molecule has 0 rings (SSSR count). The van der Waals surface area contributed by atoms with Crippen LogP contribution in [0.1, 0.15) is 26.2 Å². The lowest BCUT2D eigenvalue weighted by Crippen LogP contribution is -2.41. The van der Waals surface area contributed by atoms with E-state index in [1.54, 1.807) is 0 Å². The Balaban J connectivity index is 3.75. The van der Waals surface area contributed by atoms with Crippen molar-refractivity contribution in [2.24, 2.45) is 5.73 Å². The molecule has 0 amide bonds. The first kappa shape index (κ1) is 11.4. The maximum absolute atomic E-state index is 10.8. The highest BCUT2D eigenvalue weighted by Gasteiger charge is 2.22. The number of nitrogens with two attached hydrogens (primary N) is 1. The predicted octanol–water partition coefficient (Wildman–Crippen LogP) is 0.0378. The summed E-state index contributed by atoms with van der Waals surface area (Å²) < 4.78 is 4.34. The lowest BCUT2D eigenvalue weighted by Gasteiger charge is -2.15. The van der Waals surface area contributed by atoms with E-state index in [4.69, 9.17) is 5.73 Å². The molecule has 0 fully saturated rings. The van der Waals surface area contributed by atoms with E-state index in [-0.39, 0.29) is 0 Å². The highest BCUT2D eigenvalue weighted by atomic mass is 16.5. The van der Waals surface area contributed by atoms with Crippen molar-refractivity contribution in [3.63, 3.8) is 0 Å². The van der Waals surface area contributed by atoms with Gasteiger partial charge in [0.05, 0.1) is 7.11 Å². The maximum atomic E-state index is 10.8. The van der Waals surface area contributed by atoms with Gasteiger partial charge in [-0.2, -0.15) is 0 Å². The van der Waals surface area contributed by atoms with E-state index in [2.05, 4.69) is 4.74 Å². The molecule has 2 atom stereocenters. The number of esters is 1. The van der Waals surface area contributed by atoms with Gasteiger partial charge in [-0.3, -0.25) is 0 Å². The van der Waals surface area contributed by atoms with Gasteiger partial charge in [0.2, 0.25) is 0 Å². The smallest absolute Gasteiger partial charge is 0.336 e. The number of carbonyl (C=O) groups is 1. The molecule has 72 valence electrons. The molecule has 4 nitrogen and oxygen atoms in total. The van der Waals surface area contributed by atoms with Crippen molar-refractivity contribution in [1.29, 1.82) is 0 Å². The molecule has 12 heavy (non-hydrogen) atoms. The van der Waals surface area contributed by atoms with Crippen molar-refractivity contribution in [3.05, 3.63) is 0 Å².